The molecule has 0 radical (unpaired) electrons. The molecule has 0 atom stereocenters. The van der Waals surface area contributed by atoms with Crippen LogP contribution in [0.2, 0.25) is 0 Å². The molecule has 0 fully saturated rings. The molecule has 0 saturated carbocycles. The molecule has 0 aliphatic carbocycles. The molecule has 0 unspecified atom stereocenters. The molecule has 18 heteroatoms. The summed E-state index contributed by atoms with van der Waals surface area (Å²) in [6.07, 6.45) is 0. The zero-order valence-corrected chi connectivity index (χ0v) is 17.5. The van der Waals surface area contributed by atoms with Crippen molar-refractivity contribution in [2.45, 2.75) is 9.79 Å². The first-order chi connectivity index (χ1) is 13.3. The second-order valence-electron chi connectivity index (χ2n) is 5.67. The van der Waals surface area contributed by atoms with Crippen LogP contribution in [0.25, 0.3) is 10.8 Å². The molecule has 0 spiro atoms. The van der Waals surface area contributed by atoms with Gasteiger partial charge in [-0.25, -0.2) is 32.9 Å². The van der Waals surface area contributed by atoms with Gasteiger partial charge < -0.3 is 14.8 Å². The number of carbonyl (C=O) groups is 3. The van der Waals surface area contributed by atoms with Crippen molar-refractivity contribution >= 4 is 54.5 Å². The minimum Gasteiger partial charge on any atom is -0.744 e. The fraction of sp³-hybridized carbons (Fsp3) is 0. The Morgan fingerprint density at radius 1 is 0.935 bits per heavy atom. The van der Waals surface area contributed by atoms with Crippen molar-refractivity contribution in [2.24, 2.45) is 5.84 Å². The molecule has 1 heterocycles. The molecule has 3 rings (SSSR count). The summed E-state index contributed by atoms with van der Waals surface area (Å²) in [4.78, 5) is 34.6. The molecule has 31 heavy (non-hydrogen) atoms. The Hall–Kier alpha value is -2.12. The summed E-state index contributed by atoms with van der Waals surface area (Å²) in [7, 11) is -10.4. The number of nitrogens with zero attached hydrogens (tertiary/aromatic N) is 1. The molecule has 1 aliphatic heterocycles. The maximum atomic E-state index is 12.6. The smallest absolute Gasteiger partial charge is 0.744 e. The zero-order valence-electron chi connectivity index (χ0n) is 15.8. The molecule has 2 aromatic rings. The molecule has 0 aromatic heterocycles. The Kier molecular flexibility index (Phi) is 7.63. The maximum absolute atomic E-state index is 12.6. The SMILES string of the molecule is NNC(=O)NN1C(=O)c2cc(S(=O)(=O)[O-])cc3c(N)c(S(=O)(=O)[O-])cc(c23)C1=O.[Li+].[Li+]. The fourth-order valence-electron chi connectivity index (χ4n) is 2.79. The van der Waals surface area contributed by atoms with Crippen LogP contribution in [0.3, 0.4) is 0 Å². The molecule has 4 amide bonds. The third-order valence-corrected chi connectivity index (χ3v) is 5.67. The molecule has 6 N–H and O–H groups in total. The van der Waals surface area contributed by atoms with Crippen LogP contribution in [0.4, 0.5) is 10.5 Å². The number of amides is 4. The number of nitrogen functional groups attached to an aromatic ring is 1. The first kappa shape index (κ1) is 26.9. The molecule has 1 aliphatic rings. The number of hydrogen-bond acceptors (Lipinski definition) is 11. The summed E-state index contributed by atoms with van der Waals surface area (Å²) in [6.45, 7) is 0. The minimum absolute atomic E-state index is 0. The number of hydrogen-bond donors (Lipinski definition) is 4. The van der Waals surface area contributed by atoms with Gasteiger partial charge in [0.1, 0.15) is 20.2 Å². The molecule has 14 nitrogen and oxygen atoms in total. The largest absolute Gasteiger partial charge is 1.00 e. The second kappa shape index (κ2) is 8.79. The number of imide groups is 1. The molecular formula is C13H9Li2N5O9S2. The monoisotopic (exact) mass is 457 g/mol. The predicted octanol–water partition coefficient (Wildman–Crippen LogP) is -8.08. The normalized spacial score (nSPS) is 13.3. The van der Waals surface area contributed by atoms with Crippen LogP contribution in [0.1, 0.15) is 20.7 Å². The van der Waals surface area contributed by atoms with Crippen LogP contribution < -0.4 is 60.1 Å². The van der Waals surface area contributed by atoms with Crippen molar-refractivity contribution in [2.75, 3.05) is 5.73 Å². The van der Waals surface area contributed by atoms with Gasteiger partial charge in [-0.2, -0.15) is 5.01 Å². The van der Waals surface area contributed by atoms with E-state index in [9.17, 15) is 40.3 Å². The van der Waals surface area contributed by atoms with E-state index in [-0.39, 0.29) is 48.1 Å². The van der Waals surface area contributed by atoms with E-state index >= 15 is 0 Å². The summed E-state index contributed by atoms with van der Waals surface area (Å²) in [5.41, 5.74) is 7.10. The third-order valence-electron chi connectivity index (χ3n) is 3.98. The van der Waals surface area contributed by atoms with E-state index in [4.69, 9.17) is 11.6 Å². The van der Waals surface area contributed by atoms with E-state index < -0.39 is 70.1 Å². The Labute approximate surface area is 198 Å². The van der Waals surface area contributed by atoms with Gasteiger partial charge in [0.15, 0.2) is 0 Å². The first-order valence-electron chi connectivity index (χ1n) is 7.25. The number of nitrogens with two attached hydrogens (primary N) is 2. The number of anilines is 1. The van der Waals surface area contributed by atoms with Gasteiger partial charge in [-0.05, 0) is 18.2 Å². The quantitative estimate of drug-likeness (QED) is 0.0641. The Bertz CT molecular complexity index is 1320. The van der Waals surface area contributed by atoms with Crippen LogP contribution in [0.5, 0.6) is 0 Å². The molecule has 0 bridgehead atoms. The van der Waals surface area contributed by atoms with Crippen molar-refractivity contribution in [3.05, 3.63) is 29.3 Å². The van der Waals surface area contributed by atoms with Gasteiger partial charge in [0.05, 0.1) is 26.6 Å². The number of urea groups is 1. The van der Waals surface area contributed by atoms with Crippen molar-refractivity contribution in [3.8, 4) is 0 Å². The average molecular weight is 457 g/mol. The van der Waals surface area contributed by atoms with Gasteiger partial charge in [-0.1, -0.05) is 0 Å². The number of hydrazine groups is 2. The van der Waals surface area contributed by atoms with Gasteiger partial charge in [-0.3, -0.25) is 15.0 Å². The van der Waals surface area contributed by atoms with E-state index in [1.54, 1.807) is 10.9 Å². The van der Waals surface area contributed by atoms with E-state index in [1.807, 2.05) is 0 Å². The van der Waals surface area contributed by atoms with Gasteiger partial charge in [0.25, 0.3) is 11.8 Å². The summed E-state index contributed by atoms with van der Waals surface area (Å²) in [5, 5.41) is -0.699. The molecule has 2 aromatic carbocycles. The standard InChI is InChI=1S/C13H11N5O9S2.2Li/c14-10-5-1-4(28(22,23)24)2-6-9(5)7(3-8(10)29(25,26)27)12(20)18(11(6)19)17-13(21)16-15;;/h1-3H,14-15H2,(H2,16,17,21)(H,22,23,24)(H,25,26,27);;/q;2*+1/p-2. The molecule has 0 saturated heterocycles. The number of benzene rings is 2. The summed E-state index contributed by atoms with van der Waals surface area (Å²) in [5.74, 6) is 2.33. The maximum Gasteiger partial charge on any atom is 1.00 e. The van der Waals surface area contributed by atoms with Crippen LogP contribution >= 0.6 is 0 Å². The number of carbonyl (C=O) groups excluding carboxylic acids is 3. The van der Waals surface area contributed by atoms with Crippen LogP contribution in [0.15, 0.2) is 28.0 Å². The number of rotatable bonds is 3. The van der Waals surface area contributed by atoms with Gasteiger partial charge >= 0.3 is 43.8 Å². The summed E-state index contributed by atoms with van der Waals surface area (Å²) in [6, 6.07) is 0.623. The Morgan fingerprint density at radius 2 is 1.45 bits per heavy atom. The van der Waals surface area contributed by atoms with Crippen LogP contribution in [-0.4, -0.2) is 48.8 Å². The Balaban J connectivity index is 0.00000240. The van der Waals surface area contributed by atoms with Gasteiger partial charge in [0, 0.05) is 10.8 Å². The second-order valence-corrected chi connectivity index (χ2v) is 8.40. The molecule has 154 valence electrons. The first-order valence-corrected chi connectivity index (χ1v) is 10.1. The molecular weight excluding hydrogens is 448 g/mol. The number of nitrogens with one attached hydrogen (secondary N) is 2. The average Bonchev–Trinajstić information content (AvgIpc) is 2.61. The van der Waals surface area contributed by atoms with Crippen LogP contribution in [0, 0.1) is 0 Å². The third kappa shape index (κ3) is 4.58. The fourth-order valence-corrected chi connectivity index (χ4v) is 3.95. The summed E-state index contributed by atoms with van der Waals surface area (Å²) < 4.78 is 68.9. The van der Waals surface area contributed by atoms with Crippen molar-refractivity contribution < 1.29 is 78.0 Å². The van der Waals surface area contributed by atoms with Crippen molar-refractivity contribution in [1.82, 2.24) is 15.9 Å². The van der Waals surface area contributed by atoms with Gasteiger partial charge in [0.2, 0.25) is 0 Å². The topological polar surface area (TPSA) is 245 Å². The van der Waals surface area contributed by atoms with Crippen molar-refractivity contribution in [3.63, 3.8) is 0 Å². The predicted molar refractivity (Wildman–Crippen MR) is 90.6 cm³/mol. The summed E-state index contributed by atoms with van der Waals surface area (Å²) >= 11 is 0. The Morgan fingerprint density at radius 3 is 1.90 bits per heavy atom. The van der Waals surface area contributed by atoms with Crippen molar-refractivity contribution in [1.29, 1.82) is 0 Å². The van der Waals surface area contributed by atoms with Crippen LogP contribution in [-0.2, 0) is 20.2 Å². The van der Waals surface area contributed by atoms with Gasteiger partial charge in [-0.15, -0.1) is 0 Å². The zero-order chi connectivity index (χ0) is 21.9. The van der Waals surface area contributed by atoms with E-state index in [2.05, 4.69) is 0 Å². The van der Waals surface area contributed by atoms with E-state index in [0.29, 0.717) is 18.2 Å². The van der Waals surface area contributed by atoms with E-state index in [0.717, 1.165) is 0 Å². The van der Waals surface area contributed by atoms with E-state index in [1.165, 1.54) is 0 Å². The minimum atomic E-state index is -5.25.